The molecule has 5 aromatic carbocycles. The maximum Gasteiger partial charge on any atom is 0.328 e. The molecule has 2 heterocycles. The third-order valence-electron chi connectivity index (χ3n) is 10.1. The van der Waals surface area contributed by atoms with Gasteiger partial charge in [0.1, 0.15) is 29.2 Å². The van der Waals surface area contributed by atoms with Crippen molar-refractivity contribution >= 4 is 17.6 Å². The number of hydrogen-bond donors (Lipinski definition) is 3. The molecule has 0 unspecified atom stereocenters. The second-order valence-electron chi connectivity index (χ2n) is 14.6. The van der Waals surface area contributed by atoms with Gasteiger partial charge in [-0.1, -0.05) is 121 Å². The molecule has 8 heteroatoms. The molecule has 0 radical (unpaired) electrons. The molecule has 4 atom stereocenters. The highest BCUT2D eigenvalue weighted by Crippen LogP contribution is 2.56. The summed E-state index contributed by atoms with van der Waals surface area (Å²) in [5.74, 6) is -0.240. The van der Waals surface area contributed by atoms with Crippen molar-refractivity contribution in [2.75, 3.05) is 12.4 Å². The first-order chi connectivity index (χ1) is 25.0. The number of amides is 1. The number of nitrogens with zero attached hydrogens (tertiary/aromatic N) is 1. The number of carbonyl (C=O) groups excluding carboxylic acids is 2. The Morgan fingerprint density at radius 3 is 1.85 bits per heavy atom. The number of anilines is 1. The molecule has 3 N–H and O–H groups in total. The van der Waals surface area contributed by atoms with E-state index in [0.717, 1.165) is 33.5 Å². The Bertz CT molecular complexity index is 1920. The lowest BCUT2D eigenvalue weighted by atomic mass is 9.74. The van der Waals surface area contributed by atoms with Crippen LogP contribution in [-0.2, 0) is 31.9 Å². The van der Waals surface area contributed by atoms with Gasteiger partial charge in [-0.15, -0.1) is 0 Å². The van der Waals surface area contributed by atoms with E-state index in [1.165, 1.54) is 7.11 Å². The van der Waals surface area contributed by atoms with Crippen molar-refractivity contribution in [3.63, 3.8) is 0 Å². The van der Waals surface area contributed by atoms with Gasteiger partial charge in [-0.2, -0.15) is 0 Å². The van der Waals surface area contributed by atoms with Gasteiger partial charge in [0.2, 0.25) is 5.91 Å². The van der Waals surface area contributed by atoms with Gasteiger partial charge in [0.15, 0.2) is 0 Å². The maximum atomic E-state index is 15.0. The third-order valence-corrected chi connectivity index (χ3v) is 10.1. The highest BCUT2D eigenvalue weighted by atomic mass is 16.5. The summed E-state index contributed by atoms with van der Waals surface area (Å²) in [5, 5.41) is 19.5. The van der Waals surface area contributed by atoms with Crippen LogP contribution in [0.3, 0.4) is 0 Å². The number of fused-ring (bicyclic) bond motifs is 3. The zero-order valence-corrected chi connectivity index (χ0v) is 30.0. The minimum atomic E-state index is -1.44. The number of rotatable bonds is 10. The number of para-hydroxylation sites is 1. The number of hydrogen-bond acceptors (Lipinski definition) is 7. The Labute approximate surface area is 305 Å². The zero-order valence-electron chi connectivity index (χ0n) is 30.0. The molecule has 0 spiro atoms. The van der Waals surface area contributed by atoms with E-state index < -0.39 is 41.3 Å². The Morgan fingerprint density at radius 1 is 0.808 bits per heavy atom. The summed E-state index contributed by atoms with van der Waals surface area (Å²) in [6.07, 6.45) is -0.431. The molecule has 1 fully saturated rings. The first-order valence-electron chi connectivity index (χ1n) is 17.7. The largest absolute Gasteiger partial charge is 0.488 e. The molecule has 5 aromatic rings. The summed E-state index contributed by atoms with van der Waals surface area (Å²) in [7, 11) is 1.32. The lowest BCUT2D eigenvalue weighted by Gasteiger charge is -2.48. The molecule has 2 aliphatic heterocycles. The summed E-state index contributed by atoms with van der Waals surface area (Å²) in [6.45, 7) is 5.95. The average Bonchev–Trinajstić information content (AvgIpc) is 3.61. The molecule has 2 aliphatic rings. The number of esters is 1. The number of carbonyl (C=O) groups is 2. The maximum absolute atomic E-state index is 15.0. The predicted molar refractivity (Wildman–Crippen MR) is 202 cm³/mol. The van der Waals surface area contributed by atoms with Crippen LogP contribution in [0, 0.1) is 0 Å². The molecule has 266 valence electrons. The average molecular weight is 696 g/mol. The molecular weight excluding hydrogens is 650 g/mol. The number of benzene rings is 5. The van der Waals surface area contributed by atoms with Gasteiger partial charge in [0.25, 0.3) is 0 Å². The summed E-state index contributed by atoms with van der Waals surface area (Å²) in [5.41, 5.74) is 2.30. The van der Waals surface area contributed by atoms with Gasteiger partial charge in [-0.05, 0) is 61.2 Å². The number of aliphatic hydroxyl groups is 1. The molecule has 0 bridgehead atoms. The van der Waals surface area contributed by atoms with Crippen molar-refractivity contribution < 1.29 is 24.2 Å². The van der Waals surface area contributed by atoms with E-state index in [1.807, 2.05) is 124 Å². The van der Waals surface area contributed by atoms with Crippen LogP contribution in [-0.4, -0.2) is 52.8 Å². The Hall–Kier alpha value is -5.44. The fourth-order valence-corrected chi connectivity index (χ4v) is 8.01. The molecule has 0 aromatic heterocycles. The molecule has 1 amide bonds. The molecule has 7 rings (SSSR count). The van der Waals surface area contributed by atoms with Crippen molar-refractivity contribution in [3.8, 4) is 5.75 Å². The first-order valence-corrected chi connectivity index (χ1v) is 17.7. The lowest BCUT2D eigenvalue weighted by Crippen LogP contribution is -2.61. The number of methoxy groups -OCH3 is 1. The standard InChI is InChI=1S/C44H45N3O5/c1-42(2,3)52-34-26-24-30(25-27-34)28-37(40(49)51-4)45-39(48)38-29-43(50)35-22-14-15-23-36(35)46-41(43)47(38)44(31-16-8-5-9-17-31,32-18-10-6-11-19-32)33-20-12-7-13-21-33/h5-27,37-38,41,46,50H,28-29H2,1-4H3,(H,45,48)/t37-,38-,41+,43-/m0/s1. The van der Waals surface area contributed by atoms with E-state index in [9.17, 15) is 14.7 Å². The minimum absolute atomic E-state index is 0.0779. The highest BCUT2D eigenvalue weighted by Gasteiger charge is 2.64. The van der Waals surface area contributed by atoms with Crippen molar-refractivity contribution in [2.45, 2.75) is 68.6 Å². The van der Waals surface area contributed by atoms with Crippen molar-refractivity contribution in [1.82, 2.24) is 10.2 Å². The summed E-state index contributed by atoms with van der Waals surface area (Å²) in [4.78, 5) is 30.5. The van der Waals surface area contributed by atoms with E-state index in [1.54, 1.807) is 0 Å². The summed E-state index contributed by atoms with van der Waals surface area (Å²) in [6, 6.07) is 43.7. The van der Waals surface area contributed by atoms with Gasteiger partial charge < -0.3 is 25.2 Å². The minimum Gasteiger partial charge on any atom is -0.488 e. The van der Waals surface area contributed by atoms with E-state index in [4.69, 9.17) is 9.47 Å². The topological polar surface area (TPSA) is 100 Å². The fourth-order valence-electron chi connectivity index (χ4n) is 8.01. The fraction of sp³-hybridized carbons (Fsp3) is 0.273. The highest BCUT2D eigenvalue weighted by molar-refractivity contribution is 5.89. The van der Waals surface area contributed by atoms with Gasteiger partial charge in [-0.25, -0.2) is 4.79 Å². The Kier molecular flexibility index (Phi) is 9.38. The quantitative estimate of drug-likeness (QED) is 0.110. The van der Waals surface area contributed by atoms with E-state index in [-0.39, 0.29) is 18.4 Å². The van der Waals surface area contributed by atoms with Crippen LogP contribution < -0.4 is 15.4 Å². The molecule has 1 saturated heterocycles. The summed E-state index contributed by atoms with van der Waals surface area (Å²) < 4.78 is 11.2. The van der Waals surface area contributed by atoms with Crippen LogP contribution in [0.4, 0.5) is 5.69 Å². The predicted octanol–water partition coefficient (Wildman–Crippen LogP) is 6.77. The van der Waals surface area contributed by atoms with Crippen LogP contribution in [0.25, 0.3) is 0 Å². The van der Waals surface area contributed by atoms with Crippen LogP contribution in [0.1, 0.15) is 55.0 Å². The summed E-state index contributed by atoms with van der Waals surface area (Å²) >= 11 is 0. The normalized spacial score (nSPS) is 20.2. The second-order valence-corrected chi connectivity index (χ2v) is 14.6. The molecule has 0 aliphatic carbocycles. The molecule has 8 nitrogen and oxygen atoms in total. The van der Waals surface area contributed by atoms with Gasteiger partial charge in [0, 0.05) is 24.1 Å². The number of ether oxygens (including phenoxy) is 2. The second kappa shape index (κ2) is 13.9. The van der Waals surface area contributed by atoms with Crippen LogP contribution in [0.15, 0.2) is 140 Å². The smallest absolute Gasteiger partial charge is 0.328 e. The van der Waals surface area contributed by atoms with Gasteiger partial charge >= 0.3 is 5.97 Å². The van der Waals surface area contributed by atoms with Crippen molar-refractivity contribution in [3.05, 3.63) is 167 Å². The number of likely N-dealkylation sites (tertiary alicyclic amines) is 1. The van der Waals surface area contributed by atoms with Crippen LogP contribution in [0.2, 0.25) is 0 Å². The first kappa shape index (κ1) is 35.0. The van der Waals surface area contributed by atoms with Crippen molar-refractivity contribution in [1.29, 1.82) is 0 Å². The monoisotopic (exact) mass is 695 g/mol. The van der Waals surface area contributed by atoms with E-state index >= 15 is 0 Å². The van der Waals surface area contributed by atoms with Gasteiger partial charge in [0.05, 0.1) is 18.7 Å². The molecule has 0 saturated carbocycles. The third kappa shape index (κ3) is 6.33. The SMILES string of the molecule is COC(=O)[C@H](Cc1ccc(OC(C)(C)C)cc1)NC(=O)[C@@H]1C[C@]2(O)c3ccccc3N[C@@H]2N1C(c1ccccc1)(c1ccccc1)c1ccccc1. The molecule has 52 heavy (non-hydrogen) atoms. The van der Waals surface area contributed by atoms with Crippen LogP contribution >= 0.6 is 0 Å². The number of nitrogens with one attached hydrogen (secondary N) is 2. The zero-order chi connectivity index (χ0) is 36.5. The van der Waals surface area contributed by atoms with E-state index in [2.05, 4.69) is 51.9 Å². The lowest BCUT2D eigenvalue weighted by molar-refractivity contribution is -0.145. The van der Waals surface area contributed by atoms with Crippen molar-refractivity contribution in [2.24, 2.45) is 0 Å². The Balaban J connectivity index is 1.35. The Morgan fingerprint density at radius 2 is 1.33 bits per heavy atom. The van der Waals surface area contributed by atoms with Gasteiger partial charge in [-0.3, -0.25) is 9.69 Å². The van der Waals surface area contributed by atoms with Crippen LogP contribution in [0.5, 0.6) is 5.75 Å². The molecular formula is C44H45N3O5. The van der Waals surface area contributed by atoms with E-state index in [0.29, 0.717) is 5.75 Å².